The number of methoxy groups -OCH3 is 1. The first-order valence-corrected chi connectivity index (χ1v) is 6.99. The molecule has 0 amide bonds. The minimum atomic E-state index is -0.637. The monoisotopic (exact) mass is 288 g/mol. The molecule has 1 aromatic heterocycles. The molecule has 0 saturated carbocycles. The first-order chi connectivity index (χ1) is 10.0. The van der Waals surface area contributed by atoms with Crippen LogP contribution in [0.3, 0.4) is 0 Å². The molecule has 5 heteroatoms. The molecule has 1 aliphatic heterocycles. The average Bonchev–Trinajstić information content (AvgIpc) is 2.86. The van der Waals surface area contributed by atoms with Crippen LogP contribution >= 0.6 is 0 Å². The molecule has 0 aliphatic carbocycles. The SMILES string of the molecule is COC(c1cccc2c1OC(C)(C)OC2)c1nc[nH]c1C. The standard InChI is InChI=1S/C16H20N2O3/c1-10-13(18-9-17-10)15(19-4)12-7-5-6-11-8-20-16(2,3)21-14(11)12/h5-7,9,15H,8H2,1-4H3,(H,17,18). The number of aromatic nitrogens is 2. The lowest BCUT2D eigenvalue weighted by Gasteiger charge is -2.34. The second kappa shape index (κ2) is 5.16. The Balaban J connectivity index is 2.08. The molecule has 3 rings (SSSR count). The summed E-state index contributed by atoms with van der Waals surface area (Å²) in [5, 5.41) is 0. The van der Waals surface area contributed by atoms with Gasteiger partial charge in [0.05, 0.1) is 18.6 Å². The largest absolute Gasteiger partial charge is 0.462 e. The smallest absolute Gasteiger partial charge is 0.205 e. The summed E-state index contributed by atoms with van der Waals surface area (Å²) in [6, 6.07) is 6.02. The molecular weight excluding hydrogens is 268 g/mol. The predicted molar refractivity (Wildman–Crippen MR) is 78.1 cm³/mol. The van der Waals surface area contributed by atoms with E-state index in [0.29, 0.717) is 6.61 Å². The second-order valence-corrected chi connectivity index (χ2v) is 5.65. The number of imidazole rings is 1. The zero-order valence-electron chi connectivity index (χ0n) is 12.8. The van der Waals surface area contributed by atoms with E-state index >= 15 is 0 Å². The van der Waals surface area contributed by atoms with Crippen molar-refractivity contribution in [3.8, 4) is 5.75 Å². The van der Waals surface area contributed by atoms with Gasteiger partial charge in [-0.15, -0.1) is 0 Å². The Hall–Kier alpha value is -1.85. The van der Waals surface area contributed by atoms with Crippen molar-refractivity contribution in [3.05, 3.63) is 47.0 Å². The molecule has 2 aromatic rings. The third kappa shape index (κ3) is 2.54. The van der Waals surface area contributed by atoms with Gasteiger partial charge in [0.15, 0.2) is 0 Å². The van der Waals surface area contributed by atoms with Crippen LogP contribution < -0.4 is 4.74 Å². The van der Waals surface area contributed by atoms with Gasteiger partial charge in [0.25, 0.3) is 0 Å². The Bertz CT molecular complexity index is 649. The first-order valence-electron chi connectivity index (χ1n) is 6.99. The maximum absolute atomic E-state index is 6.03. The molecule has 2 heterocycles. The quantitative estimate of drug-likeness (QED) is 0.943. The number of nitrogens with one attached hydrogen (secondary N) is 1. The summed E-state index contributed by atoms with van der Waals surface area (Å²) in [7, 11) is 1.68. The highest BCUT2D eigenvalue weighted by Gasteiger charge is 2.32. The van der Waals surface area contributed by atoms with E-state index in [0.717, 1.165) is 28.3 Å². The van der Waals surface area contributed by atoms with Crippen molar-refractivity contribution in [1.29, 1.82) is 0 Å². The van der Waals surface area contributed by atoms with Crippen LogP contribution in [0, 0.1) is 6.92 Å². The van der Waals surface area contributed by atoms with Crippen molar-refractivity contribution >= 4 is 0 Å². The van der Waals surface area contributed by atoms with Crippen molar-refractivity contribution in [3.63, 3.8) is 0 Å². The highest BCUT2D eigenvalue weighted by Crippen LogP contribution is 2.40. The number of ether oxygens (including phenoxy) is 3. The highest BCUT2D eigenvalue weighted by molar-refractivity contribution is 5.46. The molecule has 1 atom stereocenters. The summed E-state index contributed by atoms with van der Waals surface area (Å²) in [6.07, 6.45) is 1.42. The average molecular weight is 288 g/mol. The Labute approximate surface area is 124 Å². The van der Waals surface area contributed by atoms with Crippen molar-refractivity contribution in [2.24, 2.45) is 0 Å². The lowest BCUT2D eigenvalue weighted by molar-refractivity contribution is -0.181. The van der Waals surface area contributed by atoms with E-state index in [-0.39, 0.29) is 6.10 Å². The van der Waals surface area contributed by atoms with Crippen molar-refractivity contribution in [2.45, 2.75) is 39.3 Å². The van der Waals surface area contributed by atoms with Crippen LogP contribution in [-0.4, -0.2) is 22.9 Å². The number of hydrogen-bond donors (Lipinski definition) is 1. The lowest BCUT2D eigenvalue weighted by atomic mass is 10.00. The van der Waals surface area contributed by atoms with Gasteiger partial charge in [-0.2, -0.15) is 0 Å². The van der Waals surface area contributed by atoms with Gasteiger partial charge in [-0.25, -0.2) is 4.98 Å². The predicted octanol–water partition coefficient (Wildman–Crippen LogP) is 3.10. The van der Waals surface area contributed by atoms with Crippen LogP contribution in [0.1, 0.15) is 42.5 Å². The van der Waals surface area contributed by atoms with E-state index in [4.69, 9.17) is 14.2 Å². The topological polar surface area (TPSA) is 56.4 Å². The van der Waals surface area contributed by atoms with Crippen LogP contribution in [0.2, 0.25) is 0 Å². The fourth-order valence-electron chi connectivity index (χ4n) is 2.60. The molecule has 0 radical (unpaired) electrons. The minimum Gasteiger partial charge on any atom is -0.462 e. The van der Waals surface area contributed by atoms with Crippen LogP contribution in [0.15, 0.2) is 24.5 Å². The number of hydrogen-bond acceptors (Lipinski definition) is 4. The molecule has 5 nitrogen and oxygen atoms in total. The fraction of sp³-hybridized carbons (Fsp3) is 0.438. The number of benzene rings is 1. The molecule has 0 saturated heterocycles. The van der Waals surface area contributed by atoms with Gasteiger partial charge in [-0.05, 0) is 6.92 Å². The summed E-state index contributed by atoms with van der Waals surface area (Å²) >= 11 is 0. The molecule has 0 spiro atoms. The number of H-pyrrole nitrogens is 1. The van der Waals surface area contributed by atoms with Gasteiger partial charge in [0, 0.05) is 37.8 Å². The van der Waals surface area contributed by atoms with Crippen molar-refractivity contribution < 1.29 is 14.2 Å². The molecular formula is C16H20N2O3. The van der Waals surface area contributed by atoms with Crippen LogP contribution in [0.5, 0.6) is 5.75 Å². The lowest BCUT2D eigenvalue weighted by Crippen LogP contribution is -2.36. The Morgan fingerprint density at radius 3 is 2.86 bits per heavy atom. The summed E-state index contributed by atoms with van der Waals surface area (Å²) < 4.78 is 17.4. The van der Waals surface area contributed by atoms with Crippen molar-refractivity contribution in [2.75, 3.05) is 7.11 Å². The van der Waals surface area contributed by atoms with Crippen LogP contribution in [0.4, 0.5) is 0 Å². The van der Waals surface area contributed by atoms with Gasteiger partial charge in [-0.3, -0.25) is 0 Å². The van der Waals surface area contributed by atoms with E-state index in [1.807, 2.05) is 39.0 Å². The summed E-state index contributed by atoms with van der Waals surface area (Å²) in [4.78, 5) is 7.47. The Morgan fingerprint density at radius 2 is 2.19 bits per heavy atom. The third-order valence-corrected chi connectivity index (χ3v) is 3.69. The van der Waals surface area contributed by atoms with E-state index in [1.54, 1.807) is 13.4 Å². The molecule has 21 heavy (non-hydrogen) atoms. The van der Waals surface area contributed by atoms with E-state index in [1.165, 1.54) is 0 Å². The normalized spacial score (nSPS) is 17.9. The van der Waals surface area contributed by atoms with Crippen LogP contribution in [-0.2, 0) is 16.1 Å². The Morgan fingerprint density at radius 1 is 1.38 bits per heavy atom. The molecule has 1 unspecified atom stereocenters. The zero-order chi connectivity index (χ0) is 15.0. The van der Waals surface area contributed by atoms with Gasteiger partial charge in [0.2, 0.25) is 5.79 Å². The molecule has 0 fully saturated rings. The van der Waals surface area contributed by atoms with E-state index in [9.17, 15) is 0 Å². The highest BCUT2D eigenvalue weighted by atomic mass is 16.7. The number of rotatable bonds is 3. The third-order valence-electron chi connectivity index (χ3n) is 3.69. The molecule has 1 aliphatic rings. The Kier molecular flexibility index (Phi) is 3.47. The number of para-hydroxylation sites is 1. The first kappa shape index (κ1) is 14.1. The van der Waals surface area contributed by atoms with Crippen molar-refractivity contribution in [1.82, 2.24) is 9.97 Å². The number of aromatic amines is 1. The fourth-order valence-corrected chi connectivity index (χ4v) is 2.60. The summed E-state index contributed by atoms with van der Waals surface area (Å²) in [6.45, 7) is 6.34. The minimum absolute atomic E-state index is 0.264. The maximum atomic E-state index is 6.03. The summed E-state index contributed by atoms with van der Waals surface area (Å²) in [5.41, 5.74) is 3.87. The van der Waals surface area contributed by atoms with Gasteiger partial charge in [0.1, 0.15) is 11.9 Å². The van der Waals surface area contributed by atoms with Gasteiger partial charge < -0.3 is 19.2 Å². The molecule has 0 bridgehead atoms. The van der Waals surface area contributed by atoms with Gasteiger partial charge >= 0.3 is 0 Å². The maximum Gasteiger partial charge on any atom is 0.205 e. The molecule has 1 N–H and O–H groups in total. The number of fused-ring (bicyclic) bond motifs is 1. The van der Waals surface area contributed by atoms with Crippen LogP contribution in [0.25, 0.3) is 0 Å². The van der Waals surface area contributed by atoms with Gasteiger partial charge in [-0.1, -0.05) is 18.2 Å². The molecule has 112 valence electrons. The summed E-state index contributed by atoms with van der Waals surface area (Å²) in [5.74, 6) is 0.199. The molecule has 1 aromatic carbocycles. The number of nitrogens with zero attached hydrogens (tertiary/aromatic N) is 1. The van der Waals surface area contributed by atoms with E-state index in [2.05, 4.69) is 9.97 Å². The zero-order valence-corrected chi connectivity index (χ0v) is 12.8. The van der Waals surface area contributed by atoms with E-state index < -0.39 is 5.79 Å². The number of aryl methyl sites for hydroxylation is 1. The second-order valence-electron chi connectivity index (χ2n) is 5.65.